The van der Waals surface area contributed by atoms with Crippen LogP contribution >= 0.6 is 0 Å². The number of benzene rings is 2. The molecule has 20 heavy (non-hydrogen) atoms. The molecule has 5 heteroatoms. The predicted octanol–water partition coefficient (Wildman–Crippen LogP) is 3.02. The average Bonchev–Trinajstić information content (AvgIpc) is 2.90. The molecule has 0 aliphatic rings. The largest absolute Gasteiger partial charge is 0.377 e. The van der Waals surface area contributed by atoms with Gasteiger partial charge in [-0.1, -0.05) is 29.4 Å². The first-order chi connectivity index (χ1) is 9.78. The molecule has 0 fully saturated rings. The summed E-state index contributed by atoms with van der Waals surface area (Å²) in [5, 5.41) is 18.2. The molecular weight excluding hydrogens is 252 g/mol. The highest BCUT2D eigenvalue weighted by Crippen LogP contribution is 2.26. The zero-order chi connectivity index (χ0) is 13.9. The standard InChI is InChI=1S/C15H12N4O/c1-10-18-15(19-20-10)9-17-14-7-6-11(8-16)12-4-2-3-5-13(12)14/h2-7,17H,9H2,1H3. The molecule has 1 N–H and O–H groups in total. The lowest BCUT2D eigenvalue weighted by Crippen LogP contribution is -2.02. The van der Waals surface area contributed by atoms with E-state index in [4.69, 9.17) is 9.78 Å². The molecule has 1 aromatic heterocycles. The summed E-state index contributed by atoms with van der Waals surface area (Å²) < 4.78 is 4.93. The fraction of sp³-hybridized carbons (Fsp3) is 0.133. The molecule has 2 aromatic carbocycles. The van der Waals surface area contributed by atoms with Gasteiger partial charge in [-0.15, -0.1) is 0 Å². The average molecular weight is 264 g/mol. The van der Waals surface area contributed by atoms with Gasteiger partial charge in [0.05, 0.1) is 18.2 Å². The van der Waals surface area contributed by atoms with Crippen molar-refractivity contribution in [3.05, 3.63) is 53.7 Å². The van der Waals surface area contributed by atoms with Gasteiger partial charge in [0.1, 0.15) is 0 Å². The molecule has 0 atom stereocenters. The monoisotopic (exact) mass is 264 g/mol. The second-order valence-corrected chi connectivity index (χ2v) is 4.40. The summed E-state index contributed by atoms with van der Waals surface area (Å²) in [6.07, 6.45) is 0. The van der Waals surface area contributed by atoms with Gasteiger partial charge in [0.15, 0.2) is 5.82 Å². The first kappa shape index (κ1) is 12.2. The molecule has 0 radical (unpaired) electrons. The van der Waals surface area contributed by atoms with Crippen molar-refractivity contribution in [3.63, 3.8) is 0 Å². The predicted molar refractivity (Wildman–Crippen MR) is 75.0 cm³/mol. The molecule has 0 unspecified atom stereocenters. The highest BCUT2D eigenvalue weighted by molar-refractivity contribution is 5.97. The lowest BCUT2D eigenvalue weighted by Gasteiger charge is -2.09. The molecule has 0 saturated heterocycles. The zero-order valence-corrected chi connectivity index (χ0v) is 10.9. The topological polar surface area (TPSA) is 74.7 Å². The molecule has 3 aromatic rings. The van der Waals surface area contributed by atoms with Crippen LogP contribution in [0.25, 0.3) is 10.8 Å². The van der Waals surface area contributed by atoms with E-state index >= 15 is 0 Å². The van der Waals surface area contributed by atoms with Crippen LogP contribution in [-0.2, 0) is 6.54 Å². The third-order valence-electron chi connectivity index (χ3n) is 3.05. The second-order valence-electron chi connectivity index (χ2n) is 4.40. The van der Waals surface area contributed by atoms with Crippen LogP contribution in [0.1, 0.15) is 17.3 Å². The van der Waals surface area contributed by atoms with Gasteiger partial charge in [-0.3, -0.25) is 0 Å². The zero-order valence-electron chi connectivity index (χ0n) is 10.9. The Morgan fingerprint density at radius 3 is 2.70 bits per heavy atom. The summed E-state index contributed by atoms with van der Waals surface area (Å²) >= 11 is 0. The molecule has 98 valence electrons. The Morgan fingerprint density at radius 2 is 2.00 bits per heavy atom. The molecule has 5 nitrogen and oxygen atoms in total. The van der Waals surface area contributed by atoms with E-state index in [1.165, 1.54) is 0 Å². The first-order valence-electron chi connectivity index (χ1n) is 6.23. The van der Waals surface area contributed by atoms with Crippen LogP contribution in [0.15, 0.2) is 40.9 Å². The van der Waals surface area contributed by atoms with Crippen LogP contribution in [0.2, 0.25) is 0 Å². The summed E-state index contributed by atoms with van der Waals surface area (Å²) in [5.41, 5.74) is 1.61. The molecule has 0 aliphatic heterocycles. The van der Waals surface area contributed by atoms with Crippen LogP contribution in [0.4, 0.5) is 5.69 Å². The van der Waals surface area contributed by atoms with Gasteiger partial charge in [0.25, 0.3) is 0 Å². The van der Waals surface area contributed by atoms with Crippen LogP contribution in [0.3, 0.4) is 0 Å². The van der Waals surface area contributed by atoms with Gasteiger partial charge in [-0.05, 0) is 12.1 Å². The SMILES string of the molecule is Cc1nc(CNc2ccc(C#N)c3ccccc23)no1. The number of aromatic nitrogens is 2. The second kappa shape index (κ2) is 5.02. The summed E-state index contributed by atoms with van der Waals surface area (Å²) in [6, 6.07) is 13.7. The van der Waals surface area contributed by atoms with Gasteiger partial charge >= 0.3 is 0 Å². The molecule has 0 amide bonds. The van der Waals surface area contributed by atoms with E-state index in [1.807, 2.05) is 36.4 Å². The number of fused-ring (bicyclic) bond motifs is 1. The maximum Gasteiger partial charge on any atom is 0.223 e. The fourth-order valence-corrected chi connectivity index (χ4v) is 2.14. The van der Waals surface area contributed by atoms with E-state index in [1.54, 1.807) is 6.92 Å². The minimum Gasteiger partial charge on any atom is -0.377 e. The van der Waals surface area contributed by atoms with Crippen molar-refractivity contribution < 1.29 is 4.52 Å². The Labute approximate surface area is 115 Å². The number of hydrogen-bond acceptors (Lipinski definition) is 5. The third-order valence-corrected chi connectivity index (χ3v) is 3.05. The van der Waals surface area contributed by atoms with Crippen molar-refractivity contribution in [2.24, 2.45) is 0 Å². The van der Waals surface area contributed by atoms with Crippen molar-refractivity contribution in [1.82, 2.24) is 10.1 Å². The molecule has 0 saturated carbocycles. The molecular formula is C15H12N4O. The van der Waals surface area contributed by atoms with Gasteiger partial charge < -0.3 is 9.84 Å². The number of aryl methyl sites for hydroxylation is 1. The number of nitriles is 1. The molecule has 0 spiro atoms. The minimum absolute atomic E-state index is 0.479. The van der Waals surface area contributed by atoms with Gasteiger partial charge in [0.2, 0.25) is 5.89 Å². The summed E-state index contributed by atoms with van der Waals surface area (Å²) in [6.45, 7) is 2.24. The van der Waals surface area contributed by atoms with Crippen molar-refractivity contribution in [2.45, 2.75) is 13.5 Å². The highest BCUT2D eigenvalue weighted by Gasteiger charge is 2.07. The third kappa shape index (κ3) is 2.19. The van der Waals surface area contributed by atoms with Gasteiger partial charge in [-0.2, -0.15) is 10.2 Å². The lowest BCUT2D eigenvalue weighted by atomic mass is 10.0. The Balaban J connectivity index is 1.94. The Bertz CT molecular complexity index is 801. The quantitative estimate of drug-likeness (QED) is 0.787. The normalized spacial score (nSPS) is 10.4. The maximum absolute atomic E-state index is 9.13. The summed E-state index contributed by atoms with van der Waals surface area (Å²) in [7, 11) is 0. The number of hydrogen-bond donors (Lipinski definition) is 1. The van der Waals surface area contributed by atoms with Crippen LogP contribution < -0.4 is 5.32 Å². The first-order valence-corrected chi connectivity index (χ1v) is 6.23. The molecule has 3 rings (SSSR count). The summed E-state index contributed by atoms with van der Waals surface area (Å²) in [4.78, 5) is 4.15. The minimum atomic E-state index is 0.479. The van der Waals surface area contributed by atoms with Crippen molar-refractivity contribution in [2.75, 3.05) is 5.32 Å². The number of anilines is 1. The van der Waals surface area contributed by atoms with E-state index in [0.29, 0.717) is 23.8 Å². The Morgan fingerprint density at radius 1 is 1.20 bits per heavy atom. The van der Waals surface area contributed by atoms with E-state index in [2.05, 4.69) is 21.5 Å². The number of rotatable bonds is 3. The number of nitrogens with one attached hydrogen (secondary N) is 1. The van der Waals surface area contributed by atoms with E-state index < -0.39 is 0 Å². The summed E-state index contributed by atoms with van der Waals surface area (Å²) in [5.74, 6) is 1.16. The van der Waals surface area contributed by atoms with E-state index in [-0.39, 0.29) is 0 Å². The van der Waals surface area contributed by atoms with Crippen molar-refractivity contribution in [1.29, 1.82) is 5.26 Å². The van der Waals surface area contributed by atoms with E-state index in [9.17, 15) is 0 Å². The Kier molecular flexibility index (Phi) is 3.05. The molecule has 1 heterocycles. The van der Waals surface area contributed by atoms with Crippen molar-refractivity contribution >= 4 is 16.5 Å². The van der Waals surface area contributed by atoms with Gasteiger partial charge in [-0.25, -0.2) is 0 Å². The Hall–Kier alpha value is -2.87. The molecule has 0 bridgehead atoms. The van der Waals surface area contributed by atoms with E-state index in [0.717, 1.165) is 16.5 Å². The highest BCUT2D eigenvalue weighted by atomic mass is 16.5. The van der Waals surface area contributed by atoms with Crippen molar-refractivity contribution in [3.8, 4) is 6.07 Å². The van der Waals surface area contributed by atoms with Crippen LogP contribution in [-0.4, -0.2) is 10.1 Å². The maximum atomic E-state index is 9.13. The van der Waals surface area contributed by atoms with Crippen LogP contribution in [0, 0.1) is 18.3 Å². The smallest absolute Gasteiger partial charge is 0.223 e. The lowest BCUT2D eigenvalue weighted by molar-refractivity contribution is 0.388. The van der Waals surface area contributed by atoms with Crippen LogP contribution in [0.5, 0.6) is 0 Å². The number of nitrogens with zero attached hydrogens (tertiary/aromatic N) is 3. The fourth-order valence-electron chi connectivity index (χ4n) is 2.14. The molecule has 0 aliphatic carbocycles. The van der Waals surface area contributed by atoms with Gasteiger partial charge in [0, 0.05) is 23.4 Å².